The fourth-order valence-electron chi connectivity index (χ4n) is 3.25. The molecule has 1 aliphatic rings. The largest absolute Gasteiger partial charge is 0.493 e. The second-order valence-electron chi connectivity index (χ2n) is 6.06. The van der Waals surface area contributed by atoms with Crippen LogP contribution in [0.1, 0.15) is 38.7 Å². The fourth-order valence-corrected chi connectivity index (χ4v) is 3.25. The van der Waals surface area contributed by atoms with E-state index < -0.39 is 0 Å². The summed E-state index contributed by atoms with van der Waals surface area (Å²) in [6.07, 6.45) is 4.11. The van der Waals surface area contributed by atoms with Crippen molar-refractivity contribution in [3.8, 4) is 11.5 Å². The second kappa shape index (κ2) is 6.98. The van der Waals surface area contributed by atoms with Gasteiger partial charge in [0.15, 0.2) is 11.5 Å². The van der Waals surface area contributed by atoms with Crippen molar-refractivity contribution in [3.05, 3.63) is 23.8 Å². The van der Waals surface area contributed by atoms with Crippen LogP contribution in [0, 0.1) is 11.8 Å². The van der Waals surface area contributed by atoms with Crippen molar-refractivity contribution >= 4 is 0 Å². The smallest absolute Gasteiger partial charge is 0.161 e. The Bertz CT molecular complexity index is 433. The van der Waals surface area contributed by atoms with E-state index in [0.717, 1.165) is 35.9 Å². The van der Waals surface area contributed by atoms with E-state index in [1.807, 2.05) is 6.07 Å². The van der Waals surface area contributed by atoms with Crippen molar-refractivity contribution in [2.75, 3.05) is 14.2 Å². The molecule has 0 aromatic heterocycles. The van der Waals surface area contributed by atoms with Gasteiger partial charge in [0.05, 0.1) is 20.3 Å². The van der Waals surface area contributed by atoms with Crippen LogP contribution >= 0.6 is 0 Å². The molecular weight excluding hydrogens is 250 g/mol. The van der Waals surface area contributed by atoms with E-state index in [1.165, 1.54) is 24.8 Å². The zero-order chi connectivity index (χ0) is 14.5. The summed E-state index contributed by atoms with van der Waals surface area (Å²) in [6.45, 7) is 5.81. The van der Waals surface area contributed by atoms with Crippen LogP contribution in [0.2, 0.25) is 0 Å². The van der Waals surface area contributed by atoms with Gasteiger partial charge < -0.3 is 14.8 Å². The Hall–Kier alpha value is -1.22. The standard InChI is InChI=1S/C17H27NO2/c1-12-6-5-7-15(13(12)2)18-11-14-8-9-16(19-3)17(10-14)20-4/h8-10,12-13,15,18H,5-7,11H2,1-4H3/p+1/t12-,13+,15+/m0/s1. The number of rotatable bonds is 5. The molecule has 1 aliphatic carbocycles. The molecule has 0 radical (unpaired) electrons. The summed E-state index contributed by atoms with van der Waals surface area (Å²) in [4.78, 5) is 0. The molecule has 1 saturated carbocycles. The highest BCUT2D eigenvalue weighted by Gasteiger charge is 2.29. The van der Waals surface area contributed by atoms with Gasteiger partial charge >= 0.3 is 0 Å². The molecule has 3 heteroatoms. The molecule has 1 fully saturated rings. The minimum atomic E-state index is 0.756. The average Bonchev–Trinajstić information content (AvgIpc) is 2.48. The van der Waals surface area contributed by atoms with Crippen molar-refractivity contribution in [2.24, 2.45) is 11.8 Å². The molecule has 1 aromatic carbocycles. The number of nitrogens with two attached hydrogens (primary N) is 1. The van der Waals surface area contributed by atoms with E-state index in [1.54, 1.807) is 14.2 Å². The summed E-state index contributed by atoms with van der Waals surface area (Å²) in [5.41, 5.74) is 1.30. The monoisotopic (exact) mass is 278 g/mol. The quantitative estimate of drug-likeness (QED) is 0.898. The van der Waals surface area contributed by atoms with Crippen LogP contribution < -0.4 is 14.8 Å². The highest BCUT2D eigenvalue weighted by atomic mass is 16.5. The molecule has 3 atom stereocenters. The summed E-state index contributed by atoms with van der Waals surface area (Å²) in [5, 5.41) is 2.50. The van der Waals surface area contributed by atoms with Crippen molar-refractivity contribution in [3.63, 3.8) is 0 Å². The first-order valence-corrected chi connectivity index (χ1v) is 7.70. The lowest BCUT2D eigenvalue weighted by Crippen LogP contribution is -2.90. The first-order valence-electron chi connectivity index (χ1n) is 7.70. The summed E-state index contributed by atoms with van der Waals surface area (Å²) in [5.74, 6) is 3.29. The molecule has 0 bridgehead atoms. The van der Waals surface area contributed by atoms with Gasteiger partial charge in [-0.3, -0.25) is 0 Å². The number of hydrogen-bond donors (Lipinski definition) is 1. The van der Waals surface area contributed by atoms with Crippen LogP contribution in [0.15, 0.2) is 18.2 Å². The van der Waals surface area contributed by atoms with Gasteiger partial charge in [-0.25, -0.2) is 0 Å². The maximum atomic E-state index is 5.37. The highest BCUT2D eigenvalue weighted by molar-refractivity contribution is 5.42. The number of quaternary nitrogens is 1. The lowest BCUT2D eigenvalue weighted by Gasteiger charge is -2.32. The topological polar surface area (TPSA) is 35.1 Å². The van der Waals surface area contributed by atoms with Gasteiger partial charge in [0.2, 0.25) is 0 Å². The molecule has 0 unspecified atom stereocenters. The lowest BCUT2D eigenvalue weighted by atomic mass is 9.78. The van der Waals surface area contributed by atoms with Gasteiger partial charge in [-0.15, -0.1) is 0 Å². The predicted octanol–water partition coefficient (Wildman–Crippen LogP) is 2.59. The third-order valence-corrected chi connectivity index (χ3v) is 4.87. The maximum Gasteiger partial charge on any atom is 0.161 e. The SMILES string of the molecule is COc1ccc(C[NH2+][C@@H]2CCC[C@H](C)[C@H]2C)cc1OC. The van der Waals surface area contributed by atoms with Crippen LogP contribution in [0.3, 0.4) is 0 Å². The molecule has 0 spiro atoms. The van der Waals surface area contributed by atoms with Crippen molar-refractivity contribution in [1.82, 2.24) is 0 Å². The molecule has 1 aromatic rings. The first kappa shape index (κ1) is 15.2. The normalized spacial score (nSPS) is 26.3. The second-order valence-corrected chi connectivity index (χ2v) is 6.06. The van der Waals surface area contributed by atoms with E-state index in [0.29, 0.717) is 0 Å². The number of hydrogen-bond acceptors (Lipinski definition) is 2. The zero-order valence-corrected chi connectivity index (χ0v) is 13.2. The van der Waals surface area contributed by atoms with E-state index in [9.17, 15) is 0 Å². The van der Waals surface area contributed by atoms with Gasteiger partial charge in [0.1, 0.15) is 6.54 Å². The highest BCUT2D eigenvalue weighted by Crippen LogP contribution is 2.29. The van der Waals surface area contributed by atoms with Crippen LogP contribution in [0.4, 0.5) is 0 Å². The molecular formula is C17H28NO2+. The molecule has 0 heterocycles. The predicted molar refractivity (Wildman–Crippen MR) is 81.1 cm³/mol. The van der Waals surface area contributed by atoms with Crippen molar-refractivity contribution in [2.45, 2.75) is 45.7 Å². The molecule has 20 heavy (non-hydrogen) atoms. The van der Waals surface area contributed by atoms with E-state index in [4.69, 9.17) is 9.47 Å². The summed E-state index contributed by atoms with van der Waals surface area (Å²) in [6, 6.07) is 6.97. The van der Waals surface area contributed by atoms with Gasteiger partial charge in [0.25, 0.3) is 0 Å². The summed E-state index contributed by atoms with van der Waals surface area (Å²) >= 11 is 0. The van der Waals surface area contributed by atoms with Gasteiger partial charge in [0, 0.05) is 11.5 Å². The number of methoxy groups -OCH3 is 2. The van der Waals surface area contributed by atoms with E-state index in [-0.39, 0.29) is 0 Å². The molecule has 0 saturated heterocycles. The van der Waals surface area contributed by atoms with Crippen LogP contribution in [0.25, 0.3) is 0 Å². The third kappa shape index (κ3) is 3.45. The summed E-state index contributed by atoms with van der Waals surface area (Å²) in [7, 11) is 3.37. The molecule has 0 amide bonds. The van der Waals surface area contributed by atoms with Crippen LogP contribution in [0.5, 0.6) is 11.5 Å². The molecule has 2 rings (SSSR count). The Morgan fingerprint density at radius 2 is 1.85 bits per heavy atom. The zero-order valence-electron chi connectivity index (χ0n) is 13.2. The van der Waals surface area contributed by atoms with Crippen LogP contribution in [-0.2, 0) is 6.54 Å². The first-order chi connectivity index (χ1) is 9.65. The Morgan fingerprint density at radius 1 is 1.10 bits per heavy atom. The van der Waals surface area contributed by atoms with E-state index in [2.05, 4.69) is 31.3 Å². The fraction of sp³-hybridized carbons (Fsp3) is 0.647. The maximum absolute atomic E-state index is 5.37. The minimum Gasteiger partial charge on any atom is -0.493 e. The molecule has 0 aliphatic heterocycles. The molecule has 2 N–H and O–H groups in total. The lowest BCUT2D eigenvalue weighted by molar-refractivity contribution is -0.713. The Labute approximate surface area is 122 Å². The van der Waals surface area contributed by atoms with E-state index >= 15 is 0 Å². The Balaban J connectivity index is 1.96. The van der Waals surface area contributed by atoms with Crippen molar-refractivity contribution in [1.29, 1.82) is 0 Å². The minimum absolute atomic E-state index is 0.756. The van der Waals surface area contributed by atoms with Gasteiger partial charge in [-0.2, -0.15) is 0 Å². The van der Waals surface area contributed by atoms with Gasteiger partial charge in [-0.1, -0.05) is 13.8 Å². The van der Waals surface area contributed by atoms with Gasteiger partial charge in [-0.05, 0) is 43.4 Å². The van der Waals surface area contributed by atoms with Crippen molar-refractivity contribution < 1.29 is 14.8 Å². The molecule has 3 nitrogen and oxygen atoms in total. The number of benzene rings is 1. The number of ether oxygens (including phenoxy) is 2. The Kier molecular flexibility index (Phi) is 5.30. The third-order valence-electron chi connectivity index (χ3n) is 4.87. The Morgan fingerprint density at radius 3 is 2.55 bits per heavy atom. The van der Waals surface area contributed by atoms with Crippen LogP contribution in [-0.4, -0.2) is 20.3 Å². The summed E-state index contributed by atoms with van der Waals surface area (Å²) < 4.78 is 10.6. The molecule has 112 valence electrons. The average molecular weight is 278 g/mol.